The summed E-state index contributed by atoms with van der Waals surface area (Å²) in [7, 11) is 0. The van der Waals surface area contributed by atoms with Gasteiger partial charge in [-0.25, -0.2) is 4.98 Å². The van der Waals surface area contributed by atoms with Gasteiger partial charge in [0.05, 0.1) is 23.3 Å². The average molecular weight is 497 g/mol. The maximum absolute atomic E-state index is 12.4. The van der Waals surface area contributed by atoms with Crippen molar-refractivity contribution in [3.8, 4) is 11.3 Å². The Bertz CT molecular complexity index is 1110. The fourth-order valence-corrected chi connectivity index (χ4v) is 3.36. The number of carbonyl (C=O) groups is 1. The lowest BCUT2D eigenvalue weighted by atomic mass is 10.0. The summed E-state index contributed by atoms with van der Waals surface area (Å²) in [6.45, 7) is 1.08. The van der Waals surface area contributed by atoms with E-state index in [1.807, 2.05) is 54.6 Å². The predicted molar refractivity (Wildman–Crippen MR) is 129 cm³/mol. The molecule has 1 amide bonds. The fraction of sp³-hybridized carbons (Fsp3) is 0.261. The molecule has 2 aromatic carbocycles. The zero-order valence-corrected chi connectivity index (χ0v) is 19.1. The molecule has 166 valence electrons. The van der Waals surface area contributed by atoms with Crippen molar-refractivity contribution in [2.24, 2.45) is 10.2 Å². The van der Waals surface area contributed by atoms with Gasteiger partial charge >= 0.3 is 0 Å². The highest BCUT2D eigenvalue weighted by Crippen LogP contribution is 2.20. The minimum atomic E-state index is -0.226. The molecule has 1 aromatic heterocycles. The topological polar surface area (TPSA) is 126 Å². The Labute approximate surface area is 194 Å². The first-order chi connectivity index (χ1) is 15.6. The molecule has 4 N–H and O–H groups in total. The molecule has 0 fully saturated rings. The molecule has 0 unspecified atom stereocenters. The number of amides is 1. The third kappa shape index (κ3) is 6.84. The van der Waals surface area contributed by atoms with Crippen molar-refractivity contribution in [3.05, 3.63) is 76.1 Å². The lowest BCUT2D eigenvalue weighted by Gasteiger charge is -2.08. The lowest BCUT2D eigenvalue weighted by Crippen LogP contribution is -2.26. The van der Waals surface area contributed by atoms with Gasteiger partial charge in [-0.2, -0.15) is 10.2 Å². The van der Waals surface area contributed by atoms with E-state index in [1.165, 1.54) is 0 Å². The van der Waals surface area contributed by atoms with Crippen LogP contribution in [0.15, 0.2) is 69.6 Å². The number of azo groups is 1. The van der Waals surface area contributed by atoms with Crippen LogP contribution in [0.3, 0.4) is 0 Å². The molecule has 0 saturated heterocycles. The Kier molecular flexibility index (Phi) is 8.68. The van der Waals surface area contributed by atoms with Crippen LogP contribution in [-0.2, 0) is 17.6 Å². The summed E-state index contributed by atoms with van der Waals surface area (Å²) in [5.41, 5.74) is 9.44. The smallest absolute Gasteiger partial charge is 0.256 e. The van der Waals surface area contributed by atoms with Crippen LogP contribution >= 0.6 is 15.9 Å². The van der Waals surface area contributed by atoms with Crippen LogP contribution in [0, 0.1) is 0 Å². The molecule has 32 heavy (non-hydrogen) atoms. The second kappa shape index (κ2) is 11.9. The number of halogens is 1. The van der Waals surface area contributed by atoms with Crippen molar-refractivity contribution in [1.82, 2.24) is 15.3 Å². The van der Waals surface area contributed by atoms with Crippen molar-refractivity contribution in [3.63, 3.8) is 0 Å². The van der Waals surface area contributed by atoms with Gasteiger partial charge in [0.15, 0.2) is 0 Å². The van der Waals surface area contributed by atoms with Crippen LogP contribution < -0.4 is 16.6 Å². The monoisotopic (exact) mass is 496 g/mol. The first-order valence-corrected chi connectivity index (χ1v) is 11.4. The molecular weight excluding hydrogens is 472 g/mol. The average Bonchev–Trinajstić information content (AvgIpc) is 2.81. The molecule has 0 aliphatic carbocycles. The molecular formula is C23H25BrN6O2. The minimum Gasteiger partial charge on any atom is -0.369 e. The van der Waals surface area contributed by atoms with E-state index in [0.29, 0.717) is 42.5 Å². The fourth-order valence-electron chi connectivity index (χ4n) is 3.16. The standard InChI is InChI=1S/C23H25BrN6O2/c24-15-20(31)26-14-12-16-8-10-18(11-9-16)30-27-13-4-7-19-21(17-5-2-1-3-6-17)28-23(25)29-22(19)32/h1-3,5-6,8-11H,4,7,12-15H2,(H,26,31)(H3,25,28,29,32). The number of hydrogen-bond acceptors (Lipinski definition) is 6. The Hall–Kier alpha value is -3.33. The first kappa shape index (κ1) is 23.3. The summed E-state index contributed by atoms with van der Waals surface area (Å²) in [6, 6.07) is 17.3. The Morgan fingerprint density at radius 3 is 2.56 bits per heavy atom. The molecule has 0 aliphatic heterocycles. The number of aromatic nitrogens is 2. The summed E-state index contributed by atoms with van der Waals surface area (Å²) in [5.74, 6) is 0.0780. The number of benzene rings is 2. The largest absolute Gasteiger partial charge is 0.369 e. The number of anilines is 1. The van der Waals surface area contributed by atoms with Gasteiger partial charge in [-0.05, 0) is 37.0 Å². The molecule has 0 saturated carbocycles. The molecule has 9 heteroatoms. The van der Waals surface area contributed by atoms with E-state index < -0.39 is 0 Å². The number of rotatable bonds is 10. The van der Waals surface area contributed by atoms with Crippen LogP contribution in [0.1, 0.15) is 17.5 Å². The maximum atomic E-state index is 12.4. The molecule has 0 spiro atoms. The van der Waals surface area contributed by atoms with Crippen molar-refractivity contribution in [2.45, 2.75) is 19.3 Å². The second-order valence-electron chi connectivity index (χ2n) is 7.11. The summed E-state index contributed by atoms with van der Waals surface area (Å²) in [5, 5.41) is 11.6. The van der Waals surface area contributed by atoms with Crippen molar-refractivity contribution in [1.29, 1.82) is 0 Å². The first-order valence-electron chi connectivity index (χ1n) is 10.3. The van der Waals surface area contributed by atoms with E-state index in [4.69, 9.17) is 5.73 Å². The van der Waals surface area contributed by atoms with Gasteiger partial charge < -0.3 is 11.1 Å². The van der Waals surface area contributed by atoms with E-state index in [0.717, 1.165) is 23.2 Å². The molecule has 8 nitrogen and oxygen atoms in total. The third-order valence-electron chi connectivity index (χ3n) is 4.75. The van der Waals surface area contributed by atoms with Gasteiger partial charge in [-0.1, -0.05) is 58.4 Å². The molecule has 3 rings (SSSR count). The normalized spacial score (nSPS) is 11.0. The van der Waals surface area contributed by atoms with Crippen molar-refractivity contribution < 1.29 is 4.79 Å². The highest BCUT2D eigenvalue weighted by atomic mass is 79.9. The van der Waals surface area contributed by atoms with Gasteiger partial charge in [0, 0.05) is 17.7 Å². The van der Waals surface area contributed by atoms with Gasteiger partial charge in [-0.3, -0.25) is 14.6 Å². The summed E-state index contributed by atoms with van der Waals surface area (Å²) >= 11 is 3.12. The highest BCUT2D eigenvalue weighted by Gasteiger charge is 2.12. The molecule has 3 aromatic rings. The van der Waals surface area contributed by atoms with Crippen molar-refractivity contribution in [2.75, 3.05) is 24.2 Å². The molecule has 0 aliphatic rings. The molecule has 0 radical (unpaired) electrons. The van der Waals surface area contributed by atoms with E-state index in [1.54, 1.807) is 0 Å². The Morgan fingerprint density at radius 1 is 1.09 bits per heavy atom. The number of nitrogens with two attached hydrogens (primary N) is 1. The van der Waals surface area contributed by atoms with Crippen LogP contribution in [0.2, 0.25) is 0 Å². The van der Waals surface area contributed by atoms with E-state index in [-0.39, 0.29) is 17.4 Å². The zero-order valence-electron chi connectivity index (χ0n) is 17.6. The Morgan fingerprint density at radius 2 is 1.84 bits per heavy atom. The minimum absolute atomic E-state index is 0.0250. The van der Waals surface area contributed by atoms with Gasteiger partial charge in [0.1, 0.15) is 0 Å². The molecule has 0 bridgehead atoms. The summed E-state index contributed by atoms with van der Waals surface area (Å²) in [6.07, 6.45) is 1.93. The number of carbonyl (C=O) groups excluding carboxylic acids is 1. The Balaban J connectivity index is 1.53. The SMILES string of the molecule is Nc1nc(-c2ccccc2)c(CCCN=Nc2ccc(CCNC(=O)CBr)cc2)c(=O)[nH]1. The number of nitrogens with one attached hydrogen (secondary N) is 2. The maximum Gasteiger partial charge on any atom is 0.256 e. The zero-order chi connectivity index (χ0) is 22.8. The quantitative estimate of drug-likeness (QED) is 0.224. The van der Waals surface area contributed by atoms with Crippen LogP contribution in [0.25, 0.3) is 11.3 Å². The number of nitrogen functional groups attached to an aromatic ring is 1. The van der Waals surface area contributed by atoms with Crippen LogP contribution in [0.5, 0.6) is 0 Å². The van der Waals surface area contributed by atoms with Crippen LogP contribution in [0.4, 0.5) is 11.6 Å². The van der Waals surface area contributed by atoms with E-state index >= 15 is 0 Å². The number of nitrogens with zero attached hydrogens (tertiary/aromatic N) is 3. The van der Waals surface area contributed by atoms with E-state index in [9.17, 15) is 9.59 Å². The van der Waals surface area contributed by atoms with E-state index in [2.05, 4.69) is 41.4 Å². The summed E-state index contributed by atoms with van der Waals surface area (Å²) < 4.78 is 0. The number of hydrogen-bond donors (Lipinski definition) is 3. The molecule has 0 atom stereocenters. The summed E-state index contributed by atoms with van der Waals surface area (Å²) in [4.78, 5) is 30.6. The van der Waals surface area contributed by atoms with Crippen LogP contribution in [-0.4, -0.2) is 34.3 Å². The van der Waals surface area contributed by atoms with Gasteiger partial charge in [0.25, 0.3) is 5.56 Å². The highest BCUT2D eigenvalue weighted by molar-refractivity contribution is 9.09. The van der Waals surface area contributed by atoms with Gasteiger partial charge in [0.2, 0.25) is 11.9 Å². The van der Waals surface area contributed by atoms with Gasteiger partial charge in [-0.15, -0.1) is 0 Å². The number of alkyl halides is 1. The number of aromatic amines is 1. The third-order valence-corrected chi connectivity index (χ3v) is 5.25. The predicted octanol–water partition coefficient (Wildman–Crippen LogP) is 3.79. The second-order valence-corrected chi connectivity index (χ2v) is 7.67. The van der Waals surface area contributed by atoms with Crippen molar-refractivity contribution >= 4 is 33.5 Å². The lowest BCUT2D eigenvalue weighted by molar-refractivity contribution is -0.118. The number of H-pyrrole nitrogens is 1. The molecule has 1 heterocycles.